The van der Waals surface area contributed by atoms with Gasteiger partial charge in [0.1, 0.15) is 0 Å². The third-order valence-corrected chi connectivity index (χ3v) is 3.04. The number of aromatic nitrogens is 1. The van der Waals surface area contributed by atoms with Crippen LogP contribution in [0.5, 0.6) is 0 Å². The molecule has 1 heterocycles. The Morgan fingerprint density at radius 1 is 1.00 bits per heavy atom. The van der Waals surface area contributed by atoms with Gasteiger partial charge in [-0.2, -0.15) is 4.98 Å². The summed E-state index contributed by atoms with van der Waals surface area (Å²) in [6, 6.07) is 18.6. The summed E-state index contributed by atoms with van der Waals surface area (Å²) >= 11 is 0. The lowest BCUT2D eigenvalue weighted by Gasteiger charge is -2.04. The Hall–Kier alpha value is -2.88. The standard InChI is InChI=1S/C17H14N2O2/c1-12-18-16(15(21-12)13-8-4-2-5-9-13)19-17(20)14-10-6-3-7-11-14/h2-11H,1H3,(H,19,20). The molecule has 0 aliphatic heterocycles. The van der Waals surface area contributed by atoms with Gasteiger partial charge in [-0.05, 0) is 12.1 Å². The van der Waals surface area contributed by atoms with Crippen LogP contribution in [0.1, 0.15) is 16.2 Å². The van der Waals surface area contributed by atoms with Crippen LogP contribution in [0.4, 0.5) is 5.82 Å². The highest BCUT2D eigenvalue weighted by atomic mass is 16.4. The van der Waals surface area contributed by atoms with Gasteiger partial charge < -0.3 is 9.73 Å². The lowest BCUT2D eigenvalue weighted by molar-refractivity contribution is 0.102. The molecule has 104 valence electrons. The van der Waals surface area contributed by atoms with Crippen LogP contribution in [0.3, 0.4) is 0 Å². The van der Waals surface area contributed by atoms with Crippen molar-refractivity contribution < 1.29 is 9.21 Å². The van der Waals surface area contributed by atoms with Crippen LogP contribution in [-0.2, 0) is 0 Å². The normalized spacial score (nSPS) is 10.3. The molecule has 4 nitrogen and oxygen atoms in total. The average Bonchev–Trinajstić information content (AvgIpc) is 2.89. The second-order valence-electron chi connectivity index (χ2n) is 4.60. The second-order valence-corrected chi connectivity index (χ2v) is 4.60. The third kappa shape index (κ3) is 2.84. The van der Waals surface area contributed by atoms with Crippen LogP contribution in [0, 0.1) is 6.92 Å². The van der Waals surface area contributed by atoms with E-state index in [2.05, 4.69) is 10.3 Å². The van der Waals surface area contributed by atoms with Gasteiger partial charge in [0.2, 0.25) is 0 Å². The minimum absolute atomic E-state index is 0.207. The zero-order valence-corrected chi connectivity index (χ0v) is 11.5. The highest BCUT2D eigenvalue weighted by Gasteiger charge is 2.16. The Morgan fingerprint density at radius 3 is 2.29 bits per heavy atom. The fourth-order valence-corrected chi connectivity index (χ4v) is 2.07. The molecular formula is C17H14N2O2. The molecule has 2 aromatic carbocycles. The van der Waals surface area contributed by atoms with E-state index >= 15 is 0 Å². The van der Waals surface area contributed by atoms with E-state index < -0.39 is 0 Å². The van der Waals surface area contributed by atoms with Crippen molar-refractivity contribution in [2.45, 2.75) is 6.92 Å². The molecule has 0 atom stereocenters. The van der Waals surface area contributed by atoms with E-state index in [9.17, 15) is 4.79 Å². The van der Waals surface area contributed by atoms with Crippen LogP contribution in [-0.4, -0.2) is 10.9 Å². The first-order valence-electron chi connectivity index (χ1n) is 6.63. The zero-order valence-electron chi connectivity index (χ0n) is 11.5. The smallest absolute Gasteiger partial charge is 0.256 e. The summed E-state index contributed by atoms with van der Waals surface area (Å²) in [7, 11) is 0. The van der Waals surface area contributed by atoms with Crippen LogP contribution < -0.4 is 5.32 Å². The summed E-state index contributed by atoms with van der Waals surface area (Å²) in [6.07, 6.45) is 0. The zero-order chi connectivity index (χ0) is 14.7. The molecule has 0 spiro atoms. The molecule has 0 unspecified atom stereocenters. The number of amides is 1. The first-order valence-corrected chi connectivity index (χ1v) is 6.63. The van der Waals surface area contributed by atoms with E-state index in [-0.39, 0.29) is 5.91 Å². The van der Waals surface area contributed by atoms with Gasteiger partial charge >= 0.3 is 0 Å². The average molecular weight is 278 g/mol. The van der Waals surface area contributed by atoms with Crippen molar-refractivity contribution in [3.8, 4) is 11.3 Å². The lowest BCUT2D eigenvalue weighted by atomic mass is 10.1. The van der Waals surface area contributed by atoms with E-state index in [0.717, 1.165) is 5.56 Å². The molecule has 0 saturated carbocycles. The molecule has 1 aromatic heterocycles. The van der Waals surface area contributed by atoms with Crippen molar-refractivity contribution in [1.82, 2.24) is 4.98 Å². The van der Waals surface area contributed by atoms with Gasteiger partial charge in [-0.3, -0.25) is 4.79 Å². The molecule has 3 rings (SSSR count). The van der Waals surface area contributed by atoms with Crippen molar-refractivity contribution in [3.05, 3.63) is 72.1 Å². The summed E-state index contributed by atoms with van der Waals surface area (Å²) in [5, 5.41) is 2.80. The van der Waals surface area contributed by atoms with Gasteiger partial charge in [0.05, 0.1) is 0 Å². The molecule has 0 radical (unpaired) electrons. The number of carbonyl (C=O) groups excluding carboxylic acids is 1. The summed E-state index contributed by atoms with van der Waals surface area (Å²) in [5.41, 5.74) is 1.46. The molecule has 0 saturated heterocycles. The molecule has 4 heteroatoms. The van der Waals surface area contributed by atoms with Crippen LogP contribution >= 0.6 is 0 Å². The first-order chi connectivity index (χ1) is 10.2. The van der Waals surface area contributed by atoms with E-state index in [0.29, 0.717) is 23.0 Å². The van der Waals surface area contributed by atoms with E-state index in [1.165, 1.54) is 0 Å². The van der Waals surface area contributed by atoms with Gasteiger partial charge in [-0.15, -0.1) is 0 Å². The molecule has 0 bridgehead atoms. The predicted molar refractivity (Wildman–Crippen MR) is 81.1 cm³/mol. The molecule has 1 amide bonds. The number of hydrogen-bond donors (Lipinski definition) is 1. The number of rotatable bonds is 3. The van der Waals surface area contributed by atoms with E-state index in [1.54, 1.807) is 19.1 Å². The molecule has 3 aromatic rings. The Morgan fingerprint density at radius 2 is 1.62 bits per heavy atom. The van der Waals surface area contributed by atoms with E-state index in [4.69, 9.17) is 4.42 Å². The largest absolute Gasteiger partial charge is 0.439 e. The minimum atomic E-state index is -0.207. The highest BCUT2D eigenvalue weighted by molar-refractivity contribution is 6.05. The van der Waals surface area contributed by atoms with Gasteiger partial charge in [0.15, 0.2) is 17.5 Å². The molecule has 0 aliphatic carbocycles. The lowest BCUT2D eigenvalue weighted by Crippen LogP contribution is -2.12. The monoisotopic (exact) mass is 278 g/mol. The van der Waals surface area contributed by atoms with Crippen molar-refractivity contribution in [2.75, 3.05) is 5.32 Å². The molecule has 0 aliphatic rings. The number of carbonyl (C=O) groups is 1. The van der Waals surface area contributed by atoms with Crippen LogP contribution in [0.25, 0.3) is 11.3 Å². The predicted octanol–water partition coefficient (Wildman–Crippen LogP) is 3.90. The minimum Gasteiger partial charge on any atom is -0.439 e. The quantitative estimate of drug-likeness (QED) is 0.790. The Bertz CT molecular complexity index is 749. The van der Waals surface area contributed by atoms with Crippen LogP contribution in [0.15, 0.2) is 65.1 Å². The molecule has 0 fully saturated rings. The van der Waals surface area contributed by atoms with Crippen LogP contribution in [0.2, 0.25) is 0 Å². The topological polar surface area (TPSA) is 55.1 Å². The summed E-state index contributed by atoms with van der Waals surface area (Å²) in [4.78, 5) is 16.5. The second kappa shape index (κ2) is 5.63. The van der Waals surface area contributed by atoms with Crippen molar-refractivity contribution in [1.29, 1.82) is 0 Å². The Labute approximate surface area is 122 Å². The van der Waals surface area contributed by atoms with Crippen molar-refractivity contribution in [3.63, 3.8) is 0 Å². The summed E-state index contributed by atoms with van der Waals surface area (Å²) in [5.74, 6) is 1.31. The number of aryl methyl sites for hydroxylation is 1. The maximum Gasteiger partial charge on any atom is 0.256 e. The van der Waals surface area contributed by atoms with Gasteiger partial charge in [-0.1, -0.05) is 48.5 Å². The van der Waals surface area contributed by atoms with Gasteiger partial charge in [-0.25, -0.2) is 0 Å². The van der Waals surface area contributed by atoms with Gasteiger partial charge in [0, 0.05) is 18.1 Å². The molecular weight excluding hydrogens is 264 g/mol. The maximum atomic E-state index is 12.2. The first kappa shape index (κ1) is 13.1. The Balaban J connectivity index is 1.92. The number of benzene rings is 2. The summed E-state index contributed by atoms with van der Waals surface area (Å²) < 4.78 is 5.61. The van der Waals surface area contributed by atoms with E-state index in [1.807, 2.05) is 48.5 Å². The Kier molecular flexibility index (Phi) is 3.51. The summed E-state index contributed by atoms with van der Waals surface area (Å²) in [6.45, 7) is 1.75. The van der Waals surface area contributed by atoms with Gasteiger partial charge in [0.25, 0.3) is 5.91 Å². The third-order valence-electron chi connectivity index (χ3n) is 3.04. The van der Waals surface area contributed by atoms with Crippen molar-refractivity contribution in [2.24, 2.45) is 0 Å². The number of nitrogens with zero attached hydrogens (tertiary/aromatic N) is 1. The number of anilines is 1. The number of nitrogens with one attached hydrogen (secondary N) is 1. The van der Waals surface area contributed by atoms with Crippen molar-refractivity contribution >= 4 is 11.7 Å². The molecule has 21 heavy (non-hydrogen) atoms. The number of oxazole rings is 1. The fourth-order valence-electron chi connectivity index (χ4n) is 2.07. The molecule has 1 N–H and O–H groups in total. The number of hydrogen-bond acceptors (Lipinski definition) is 3. The SMILES string of the molecule is Cc1nc(NC(=O)c2ccccc2)c(-c2ccccc2)o1. The maximum absolute atomic E-state index is 12.2. The fraction of sp³-hybridized carbons (Fsp3) is 0.0588. The highest BCUT2D eigenvalue weighted by Crippen LogP contribution is 2.28.